The van der Waals surface area contributed by atoms with Crippen LogP contribution in [0.3, 0.4) is 0 Å². The Bertz CT molecular complexity index is 1430. The van der Waals surface area contributed by atoms with E-state index < -0.39 is 6.09 Å². The average Bonchev–Trinajstić information content (AvgIpc) is 3.47. The molecular weight excluding hydrogens is 474 g/mol. The molecule has 0 atom stereocenters. The third-order valence-corrected chi connectivity index (χ3v) is 5.08. The standard InChI is InChI=1S/C23H23N7O4.ClH/c1-4-7-34-23(33)27-16-5-6-18-14(8-16)11-25-30(18)22(32)20-10-17(13-29(20)3)26-21(31)19-9-15(24)12-28(19)2;/h4-6,8-13H,1,7,24H2,2-3H3,(H,26,31)(H,27,33);1H. The number of aryl methyl sites for hydroxylation is 2. The second-order valence-corrected chi connectivity index (χ2v) is 7.60. The highest BCUT2D eigenvalue weighted by Crippen LogP contribution is 2.22. The van der Waals surface area contributed by atoms with Gasteiger partial charge in [-0.2, -0.15) is 9.78 Å². The van der Waals surface area contributed by atoms with Gasteiger partial charge in [0.15, 0.2) is 0 Å². The SMILES string of the molecule is C=CCOC(=O)Nc1ccc2c(cnn2C(=O)c2cc(NC(=O)c3cc(N)cn3C)cn2C)c1.Cl. The van der Waals surface area contributed by atoms with E-state index >= 15 is 0 Å². The minimum Gasteiger partial charge on any atom is -0.445 e. The number of aromatic nitrogens is 4. The number of hydrogen-bond acceptors (Lipinski definition) is 6. The molecule has 2 amide bonds. The number of nitrogens with one attached hydrogen (secondary N) is 2. The first-order valence-corrected chi connectivity index (χ1v) is 10.2. The molecule has 0 unspecified atom stereocenters. The van der Waals surface area contributed by atoms with Crippen molar-refractivity contribution in [2.24, 2.45) is 14.1 Å². The summed E-state index contributed by atoms with van der Waals surface area (Å²) in [5.41, 5.74) is 8.45. The van der Waals surface area contributed by atoms with Crippen LogP contribution in [-0.2, 0) is 18.8 Å². The fourth-order valence-electron chi connectivity index (χ4n) is 3.53. The number of nitrogens with zero attached hydrogens (tertiary/aromatic N) is 4. The van der Waals surface area contributed by atoms with Crippen LogP contribution in [0.2, 0.25) is 0 Å². The maximum absolute atomic E-state index is 13.2. The van der Waals surface area contributed by atoms with Crippen molar-refractivity contribution in [3.05, 3.63) is 73.0 Å². The summed E-state index contributed by atoms with van der Waals surface area (Å²) < 4.78 is 9.39. The first-order valence-electron chi connectivity index (χ1n) is 10.2. The van der Waals surface area contributed by atoms with Crippen LogP contribution < -0.4 is 16.4 Å². The van der Waals surface area contributed by atoms with Gasteiger partial charge in [-0.15, -0.1) is 12.4 Å². The lowest BCUT2D eigenvalue weighted by molar-refractivity contribution is 0.0941. The maximum atomic E-state index is 13.2. The zero-order chi connectivity index (χ0) is 24.4. The number of rotatable bonds is 6. The van der Waals surface area contributed by atoms with E-state index in [0.717, 1.165) is 0 Å². The van der Waals surface area contributed by atoms with E-state index in [0.29, 0.717) is 39.4 Å². The highest BCUT2D eigenvalue weighted by Gasteiger charge is 2.19. The molecule has 0 radical (unpaired) electrons. The van der Waals surface area contributed by atoms with Crippen molar-refractivity contribution in [1.29, 1.82) is 0 Å². The number of anilines is 3. The number of nitrogen functional groups attached to an aromatic ring is 1. The van der Waals surface area contributed by atoms with E-state index in [4.69, 9.17) is 10.5 Å². The van der Waals surface area contributed by atoms with Crippen LogP contribution in [0.4, 0.5) is 21.9 Å². The number of benzene rings is 1. The Labute approximate surface area is 206 Å². The zero-order valence-corrected chi connectivity index (χ0v) is 19.8. The molecule has 3 heterocycles. The number of hydrogen-bond donors (Lipinski definition) is 3. The fourth-order valence-corrected chi connectivity index (χ4v) is 3.53. The Morgan fingerprint density at radius 3 is 2.49 bits per heavy atom. The number of carbonyl (C=O) groups is 3. The third kappa shape index (κ3) is 5.20. The molecule has 1 aromatic carbocycles. The number of amides is 2. The average molecular weight is 498 g/mol. The summed E-state index contributed by atoms with van der Waals surface area (Å²) in [4.78, 5) is 37.5. The van der Waals surface area contributed by atoms with E-state index in [1.807, 2.05) is 0 Å². The Morgan fingerprint density at radius 1 is 1.06 bits per heavy atom. The highest BCUT2D eigenvalue weighted by molar-refractivity contribution is 6.06. The van der Waals surface area contributed by atoms with Crippen molar-refractivity contribution in [3.63, 3.8) is 0 Å². The number of nitrogens with two attached hydrogens (primary N) is 1. The molecule has 182 valence electrons. The maximum Gasteiger partial charge on any atom is 0.411 e. The summed E-state index contributed by atoms with van der Waals surface area (Å²) in [6, 6.07) is 8.15. The molecule has 4 rings (SSSR count). The van der Waals surface area contributed by atoms with Crippen LogP contribution in [0.1, 0.15) is 21.0 Å². The highest BCUT2D eigenvalue weighted by atomic mass is 35.5. The number of ether oxygens (including phenoxy) is 1. The van der Waals surface area contributed by atoms with Crippen LogP contribution in [0.15, 0.2) is 61.6 Å². The lowest BCUT2D eigenvalue weighted by Crippen LogP contribution is -2.16. The quantitative estimate of drug-likeness (QED) is 0.349. The smallest absolute Gasteiger partial charge is 0.411 e. The lowest BCUT2D eigenvalue weighted by Gasteiger charge is -2.06. The normalized spacial score (nSPS) is 10.5. The van der Waals surface area contributed by atoms with Crippen molar-refractivity contribution in [2.45, 2.75) is 0 Å². The van der Waals surface area contributed by atoms with Crippen LogP contribution in [-0.4, -0.2) is 43.4 Å². The molecule has 0 saturated heterocycles. The van der Waals surface area contributed by atoms with Gasteiger partial charge in [0.2, 0.25) is 0 Å². The predicted molar refractivity (Wildman–Crippen MR) is 135 cm³/mol. The van der Waals surface area contributed by atoms with Gasteiger partial charge in [0, 0.05) is 37.6 Å². The second kappa shape index (κ2) is 10.2. The van der Waals surface area contributed by atoms with Gasteiger partial charge in [0.05, 0.1) is 23.1 Å². The van der Waals surface area contributed by atoms with E-state index in [-0.39, 0.29) is 30.8 Å². The molecule has 0 aliphatic rings. The molecule has 3 aromatic heterocycles. The van der Waals surface area contributed by atoms with Gasteiger partial charge in [0.1, 0.15) is 18.0 Å². The van der Waals surface area contributed by atoms with Crippen molar-refractivity contribution >= 4 is 58.3 Å². The molecule has 11 nitrogen and oxygen atoms in total. The van der Waals surface area contributed by atoms with Gasteiger partial charge in [-0.3, -0.25) is 14.9 Å². The molecule has 0 spiro atoms. The van der Waals surface area contributed by atoms with Crippen LogP contribution in [0.5, 0.6) is 0 Å². The molecule has 12 heteroatoms. The first-order chi connectivity index (χ1) is 16.3. The van der Waals surface area contributed by atoms with E-state index in [2.05, 4.69) is 22.3 Å². The molecule has 0 aliphatic carbocycles. The molecule has 0 bridgehead atoms. The first kappa shape index (κ1) is 25.1. The molecule has 0 fully saturated rings. The Hall–Kier alpha value is -4.51. The summed E-state index contributed by atoms with van der Waals surface area (Å²) >= 11 is 0. The van der Waals surface area contributed by atoms with E-state index in [9.17, 15) is 14.4 Å². The van der Waals surface area contributed by atoms with Crippen molar-refractivity contribution < 1.29 is 19.1 Å². The largest absolute Gasteiger partial charge is 0.445 e. The van der Waals surface area contributed by atoms with Gasteiger partial charge >= 0.3 is 6.09 Å². The summed E-state index contributed by atoms with van der Waals surface area (Å²) in [7, 11) is 3.42. The summed E-state index contributed by atoms with van der Waals surface area (Å²) in [6.07, 6.45) is 5.66. The van der Waals surface area contributed by atoms with Crippen molar-refractivity contribution in [2.75, 3.05) is 23.0 Å². The summed E-state index contributed by atoms with van der Waals surface area (Å²) in [5.74, 6) is -0.729. The molecule has 0 aliphatic heterocycles. The number of carbonyl (C=O) groups excluding carboxylic acids is 3. The number of halogens is 1. The molecule has 0 saturated carbocycles. The Kier molecular flexibility index (Phi) is 7.31. The van der Waals surface area contributed by atoms with Crippen molar-refractivity contribution in [1.82, 2.24) is 18.9 Å². The summed E-state index contributed by atoms with van der Waals surface area (Å²) in [6.45, 7) is 3.58. The molecular formula is C23H24ClN7O4. The van der Waals surface area contributed by atoms with Gasteiger partial charge in [-0.25, -0.2) is 4.79 Å². The Morgan fingerprint density at radius 2 is 1.80 bits per heavy atom. The molecule has 4 aromatic rings. The van der Waals surface area contributed by atoms with Crippen LogP contribution in [0, 0.1) is 0 Å². The second-order valence-electron chi connectivity index (χ2n) is 7.60. The topological polar surface area (TPSA) is 138 Å². The Balaban J connectivity index is 0.00000342. The monoisotopic (exact) mass is 497 g/mol. The lowest BCUT2D eigenvalue weighted by atomic mass is 10.2. The molecule has 35 heavy (non-hydrogen) atoms. The summed E-state index contributed by atoms with van der Waals surface area (Å²) in [5, 5.41) is 10.2. The minimum atomic E-state index is -0.612. The van der Waals surface area contributed by atoms with E-state index in [1.165, 1.54) is 17.0 Å². The molecule has 4 N–H and O–H groups in total. The number of fused-ring (bicyclic) bond motifs is 1. The van der Waals surface area contributed by atoms with Gasteiger partial charge in [0.25, 0.3) is 11.8 Å². The van der Waals surface area contributed by atoms with Gasteiger partial charge in [-0.1, -0.05) is 12.7 Å². The van der Waals surface area contributed by atoms with Crippen LogP contribution in [0.25, 0.3) is 10.9 Å². The van der Waals surface area contributed by atoms with E-state index in [1.54, 1.807) is 66.0 Å². The zero-order valence-electron chi connectivity index (χ0n) is 19.0. The predicted octanol–water partition coefficient (Wildman–Crippen LogP) is 3.39. The van der Waals surface area contributed by atoms with Crippen molar-refractivity contribution in [3.8, 4) is 0 Å². The van der Waals surface area contributed by atoms with Gasteiger partial charge in [-0.05, 0) is 30.3 Å². The fraction of sp³-hybridized carbons (Fsp3) is 0.130. The minimum absolute atomic E-state index is 0. The van der Waals surface area contributed by atoms with Crippen LogP contribution >= 0.6 is 12.4 Å². The third-order valence-electron chi connectivity index (χ3n) is 5.08. The van der Waals surface area contributed by atoms with Gasteiger partial charge < -0.3 is 24.9 Å².